The van der Waals surface area contributed by atoms with Crippen LogP contribution >= 0.6 is 47.8 Å². The molecule has 4 aromatic carbocycles. The molecule has 2 aliphatic heterocycles. The van der Waals surface area contributed by atoms with Crippen LogP contribution in [0.5, 0.6) is 0 Å². The van der Waals surface area contributed by atoms with Crippen molar-refractivity contribution >= 4 is 132 Å². The van der Waals surface area contributed by atoms with Gasteiger partial charge in [-0.3, -0.25) is 19.2 Å². The minimum absolute atomic E-state index is 0.0148. The monoisotopic (exact) mass is 1330 g/mol. The van der Waals surface area contributed by atoms with Crippen molar-refractivity contribution in [2.75, 3.05) is 27.0 Å². The number of nitrogens with one attached hydrogen (secondary N) is 2. The zero-order valence-corrected chi connectivity index (χ0v) is 49.7. The predicted octanol–water partition coefficient (Wildman–Crippen LogP) is 9.01. The molecule has 81 heavy (non-hydrogen) atoms. The first kappa shape index (κ1) is 65.2. The Morgan fingerprint density at radius 1 is 0.568 bits per heavy atom. The van der Waals surface area contributed by atoms with Crippen molar-refractivity contribution in [3.8, 4) is 22.3 Å². The Kier molecular flexibility index (Phi) is 24.8. The summed E-state index contributed by atoms with van der Waals surface area (Å²) in [5.41, 5.74) is 15.2. The molecule has 420 valence electrons. The van der Waals surface area contributed by atoms with E-state index < -0.39 is 43.8 Å². The average Bonchev–Trinajstić information content (AvgIpc) is 3.88. The van der Waals surface area contributed by atoms with E-state index in [1.165, 1.54) is 37.4 Å². The molecule has 7 aromatic rings. The molecule has 0 spiro atoms. The van der Waals surface area contributed by atoms with E-state index in [0.29, 0.717) is 56.7 Å². The predicted molar refractivity (Wildman–Crippen MR) is 320 cm³/mol. The maximum Gasteiger partial charge on any atom is 0.341 e. The second-order valence-corrected chi connectivity index (χ2v) is 21.8. The number of carbonyl (C=O) groups is 6. The van der Waals surface area contributed by atoms with Crippen molar-refractivity contribution in [2.45, 2.75) is 37.5 Å². The number of pyridine rings is 3. The Labute approximate surface area is 492 Å². The summed E-state index contributed by atoms with van der Waals surface area (Å²) >= 11 is 9.71. The second kappa shape index (κ2) is 30.8. The highest BCUT2D eigenvalue weighted by atomic mass is 79.9. The number of sulfonamides is 2. The van der Waals surface area contributed by atoms with E-state index in [9.17, 15) is 45.6 Å². The molecule has 0 bridgehead atoms. The van der Waals surface area contributed by atoms with Gasteiger partial charge in [0.25, 0.3) is 11.8 Å². The molecular weight excluding hydrogens is 1280 g/mol. The number of nitrogen functional groups attached to an aromatic ring is 2. The number of esters is 2. The van der Waals surface area contributed by atoms with Crippen molar-refractivity contribution < 1.29 is 50.3 Å². The molecule has 3 aromatic heterocycles. The van der Waals surface area contributed by atoms with Gasteiger partial charge < -0.3 is 26.8 Å². The molecule has 4 amide bonds. The third-order valence-electron chi connectivity index (χ3n) is 10.1. The molecule has 0 aliphatic carbocycles. The van der Waals surface area contributed by atoms with Crippen LogP contribution in [-0.2, 0) is 53.6 Å². The highest BCUT2D eigenvalue weighted by molar-refractivity contribution is 9.11. The van der Waals surface area contributed by atoms with Gasteiger partial charge in [0.05, 0.1) is 9.79 Å². The lowest BCUT2D eigenvalue weighted by Gasteiger charge is -2.12. The van der Waals surface area contributed by atoms with Crippen molar-refractivity contribution in [2.24, 2.45) is 10.3 Å². The highest BCUT2D eigenvalue weighted by Crippen LogP contribution is 2.29. The largest absolute Gasteiger partial charge is 0.399 e. The summed E-state index contributed by atoms with van der Waals surface area (Å²) in [6, 6.07) is 36.8. The van der Waals surface area contributed by atoms with Crippen LogP contribution in [0.15, 0.2) is 211 Å². The third kappa shape index (κ3) is 21.0. The van der Waals surface area contributed by atoms with Crippen LogP contribution in [0.4, 0.5) is 28.8 Å². The molecule has 0 fully saturated rings. The molecule has 0 radical (unpaired) electrons. The lowest BCUT2D eigenvalue weighted by molar-refractivity contribution is -0.150. The van der Waals surface area contributed by atoms with Crippen molar-refractivity contribution in [1.82, 2.24) is 15.0 Å². The van der Waals surface area contributed by atoms with E-state index in [1.807, 2.05) is 19.9 Å². The van der Waals surface area contributed by atoms with Crippen molar-refractivity contribution in [3.05, 3.63) is 201 Å². The number of hydrogen-bond acceptors (Lipinski definition) is 16. The fraction of sp³-hybridized carbons (Fsp3) is 0.0727. The maximum absolute atomic E-state index is 12.1. The molecule has 9 rings (SSSR count). The molecule has 10 N–H and O–H groups in total. The number of anilines is 5. The van der Waals surface area contributed by atoms with Crippen LogP contribution in [0.1, 0.15) is 27.7 Å². The fourth-order valence-corrected chi connectivity index (χ4v) is 8.61. The number of carbonyl (C=O) groups excluding carboxylic acids is 6. The number of amides is 4. The van der Waals surface area contributed by atoms with Gasteiger partial charge in [0, 0.05) is 90.0 Å². The van der Waals surface area contributed by atoms with Crippen LogP contribution in [0.2, 0.25) is 0 Å². The molecule has 5 heterocycles. The minimum Gasteiger partial charge on any atom is -0.399 e. The molecular formula is C55H51Br3N10O11S2. The molecule has 0 atom stereocenters. The Morgan fingerprint density at radius 3 is 1.42 bits per heavy atom. The van der Waals surface area contributed by atoms with Crippen LogP contribution in [-0.4, -0.2) is 67.4 Å². The number of imide groups is 1. The number of nitrogens with two attached hydrogens (primary N) is 4. The molecule has 26 heteroatoms. The van der Waals surface area contributed by atoms with Gasteiger partial charge in [-0.15, -0.1) is 0 Å². The zero-order chi connectivity index (χ0) is 60.0. The summed E-state index contributed by atoms with van der Waals surface area (Å²) in [7, 11) is -7.60. The van der Waals surface area contributed by atoms with E-state index in [1.54, 1.807) is 135 Å². The highest BCUT2D eigenvalue weighted by Gasteiger charge is 2.30. The number of ether oxygens (including phenoxy) is 1. The summed E-state index contributed by atoms with van der Waals surface area (Å²) < 4.78 is 53.1. The van der Waals surface area contributed by atoms with Crippen LogP contribution in [0.3, 0.4) is 0 Å². The number of rotatable bonds is 9. The SMILES string of the molecule is CC.CC1=CC(=O)N(c2ccc(Br)cn2)C1=O.CC1=CC(=O)OC1=O.NS(=O)(=O)c1ccccc1-c1ccc(NC(=O)/C=C\C(=O)Nc2ccc(Br)cn2)cc1.Nc1ccc(-c2ccccc2S(N)(=O)=O)cc1.Nc1ccc(Br)cn1. The Bertz CT molecular complexity index is 3700. The number of benzene rings is 4. The summed E-state index contributed by atoms with van der Waals surface area (Å²) in [5.74, 6) is -1.50. The van der Waals surface area contributed by atoms with Gasteiger partial charge in [-0.05, 0) is 146 Å². The van der Waals surface area contributed by atoms with Gasteiger partial charge in [-0.25, -0.2) is 56.6 Å². The van der Waals surface area contributed by atoms with Gasteiger partial charge >= 0.3 is 11.9 Å². The lowest BCUT2D eigenvalue weighted by Crippen LogP contribution is -2.31. The molecule has 0 saturated carbocycles. The molecule has 0 unspecified atom stereocenters. The Balaban J connectivity index is 0.000000238. The minimum atomic E-state index is -3.87. The number of aromatic nitrogens is 3. The van der Waals surface area contributed by atoms with E-state index in [0.717, 1.165) is 36.0 Å². The molecule has 21 nitrogen and oxygen atoms in total. The first-order chi connectivity index (χ1) is 38.3. The van der Waals surface area contributed by atoms with Gasteiger partial charge in [0.2, 0.25) is 31.9 Å². The average molecular weight is 1330 g/mol. The number of halogens is 3. The van der Waals surface area contributed by atoms with Gasteiger partial charge in [0.1, 0.15) is 17.5 Å². The van der Waals surface area contributed by atoms with E-state index in [2.05, 4.69) is 78.1 Å². The first-order valence-electron chi connectivity index (χ1n) is 23.4. The van der Waals surface area contributed by atoms with E-state index in [4.69, 9.17) is 21.7 Å². The number of hydrogen-bond donors (Lipinski definition) is 6. The smallest absolute Gasteiger partial charge is 0.341 e. The Hall–Kier alpha value is -8.37. The summed E-state index contributed by atoms with van der Waals surface area (Å²) in [5, 5.41) is 15.6. The lowest BCUT2D eigenvalue weighted by atomic mass is 10.1. The summed E-state index contributed by atoms with van der Waals surface area (Å²) in [4.78, 5) is 80.4. The topological polar surface area (TPSA) is 350 Å². The molecule has 2 aliphatic rings. The Morgan fingerprint density at radius 2 is 1.04 bits per heavy atom. The van der Waals surface area contributed by atoms with E-state index >= 15 is 0 Å². The van der Waals surface area contributed by atoms with Crippen LogP contribution in [0.25, 0.3) is 22.3 Å². The zero-order valence-electron chi connectivity index (χ0n) is 43.3. The number of primary sulfonamides is 2. The van der Waals surface area contributed by atoms with Crippen LogP contribution in [0, 0.1) is 0 Å². The summed E-state index contributed by atoms with van der Waals surface area (Å²) in [6.07, 6.45) is 9.42. The van der Waals surface area contributed by atoms with Gasteiger partial charge in [-0.2, -0.15) is 0 Å². The molecule has 0 saturated heterocycles. The quantitative estimate of drug-likeness (QED) is 0.0258. The third-order valence-corrected chi connectivity index (χ3v) is 13.4. The first-order valence-corrected chi connectivity index (χ1v) is 28.9. The number of nitrogens with zero attached hydrogens (tertiary/aromatic N) is 4. The normalized spacial score (nSPS) is 12.4. The van der Waals surface area contributed by atoms with Crippen molar-refractivity contribution in [3.63, 3.8) is 0 Å². The summed E-state index contributed by atoms with van der Waals surface area (Å²) in [6.45, 7) is 7.15. The maximum atomic E-state index is 12.1. The van der Waals surface area contributed by atoms with Gasteiger partial charge in [0.15, 0.2) is 0 Å². The van der Waals surface area contributed by atoms with Crippen LogP contribution < -0.4 is 37.3 Å². The fourth-order valence-electron chi connectivity index (χ4n) is 6.38. The van der Waals surface area contributed by atoms with Gasteiger partial charge in [-0.1, -0.05) is 74.5 Å². The van der Waals surface area contributed by atoms with E-state index in [-0.39, 0.29) is 21.6 Å². The standard InChI is InChI=1S/C21H17BrN4O4S.C12H12N2O2S.C10H7BrN2O2.C5H5BrN2.C5H4O3.C2H6/c22-15-7-10-19(24-13-15)26-21(28)12-11-20(27)25-16-8-5-14(6-9-16)17-3-1-2-4-18(17)31(23,29)30;13-10-7-5-9(6-8-10)11-3-1-2-4-12(11)17(14,15)16;1-6-4-9(14)13(10(6)15)8-3-2-7(11)5-12-8;6-4-1-2-5(7)8-3-4;1-3-2-4(6)8-5(3)7;1-2/h1-13H,(H,25,27)(H2,23,29,30)(H,24,26,28);1-8H,13H2,(H2,14,15,16);2-5H,1H3;1-3H,(H2,7,8);2H,1H3;1-2H3/b12-11-;;;;;. The van der Waals surface area contributed by atoms with Crippen molar-refractivity contribution in [1.29, 1.82) is 0 Å². The number of cyclic esters (lactones) is 2. The second-order valence-electron chi connectivity index (χ2n) is 16.0.